The van der Waals surface area contributed by atoms with Gasteiger partial charge in [0.05, 0.1) is 24.4 Å². The number of carbonyl (C=O) groups is 2. The van der Waals surface area contributed by atoms with E-state index in [4.69, 9.17) is 14.6 Å². The number of aromatic nitrogens is 2. The Hall–Kier alpha value is -3.49. The minimum atomic E-state index is -0.398. The van der Waals surface area contributed by atoms with Crippen LogP contribution in [0.15, 0.2) is 48.5 Å². The van der Waals surface area contributed by atoms with Gasteiger partial charge in [0.25, 0.3) is 5.91 Å². The normalized spacial score (nSPS) is 19.4. The van der Waals surface area contributed by atoms with Gasteiger partial charge in [-0.25, -0.2) is 9.48 Å². The van der Waals surface area contributed by atoms with Crippen molar-refractivity contribution in [3.63, 3.8) is 0 Å². The van der Waals surface area contributed by atoms with Gasteiger partial charge < -0.3 is 19.9 Å². The predicted octanol–water partition coefficient (Wildman–Crippen LogP) is 3.99. The molecule has 3 heterocycles. The van der Waals surface area contributed by atoms with Gasteiger partial charge in [0.15, 0.2) is 0 Å². The number of methoxy groups -OCH3 is 1. The lowest BCUT2D eigenvalue weighted by atomic mass is 9.89. The monoisotopic (exact) mass is 489 g/mol. The fourth-order valence-electron chi connectivity index (χ4n) is 5.17. The van der Waals surface area contributed by atoms with E-state index in [1.54, 1.807) is 12.1 Å². The molecular formula is C28H31N3O5. The molecule has 2 aliphatic rings. The van der Waals surface area contributed by atoms with Crippen LogP contribution in [0.2, 0.25) is 0 Å². The number of rotatable bonds is 7. The number of benzene rings is 2. The summed E-state index contributed by atoms with van der Waals surface area (Å²) in [6.07, 6.45) is 4.54. The topological polar surface area (TPSA) is 103 Å². The van der Waals surface area contributed by atoms with E-state index in [2.05, 4.69) is 5.32 Å². The molecule has 188 valence electrons. The van der Waals surface area contributed by atoms with E-state index in [1.165, 1.54) is 7.11 Å². The van der Waals surface area contributed by atoms with Crippen LogP contribution in [0, 0.1) is 0 Å². The van der Waals surface area contributed by atoms with Crippen molar-refractivity contribution in [2.75, 3.05) is 20.3 Å². The number of esters is 1. The summed E-state index contributed by atoms with van der Waals surface area (Å²) >= 11 is 0. The van der Waals surface area contributed by atoms with Crippen molar-refractivity contribution >= 4 is 11.9 Å². The van der Waals surface area contributed by atoms with Crippen LogP contribution < -0.4 is 5.32 Å². The lowest BCUT2D eigenvalue weighted by Gasteiger charge is -2.25. The van der Waals surface area contributed by atoms with Gasteiger partial charge in [-0.05, 0) is 67.9 Å². The molecule has 5 rings (SSSR count). The number of fused-ring (bicyclic) bond motifs is 1. The SMILES string of the molecule is COC(=O)c1ccc(-c2c(C3Cc4ccccc4C(=O)N3)nn(C3CCCCO3)c2CCCO)cc1. The van der Waals surface area contributed by atoms with Crippen LogP contribution in [-0.2, 0) is 22.3 Å². The second-order valence-corrected chi connectivity index (χ2v) is 9.26. The van der Waals surface area contributed by atoms with Crippen molar-refractivity contribution in [2.45, 2.75) is 50.8 Å². The van der Waals surface area contributed by atoms with Gasteiger partial charge in [-0.1, -0.05) is 30.3 Å². The molecule has 8 heteroatoms. The maximum atomic E-state index is 13.0. The average Bonchev–Trinajstić information content (AvgIpc) is 3.31. The number of amides is 1. The van der Waals surface area contributed by atoms with Gasteiger partial charge in [0.1, 0.15) is 6.23 Å². The summed E-state index contributed by atoms with van der Waals surface area (Å²) in [7, 11) is 1.36. The molecule has 0 spiro atoms. The van der Waals surface area contributed by atoms with Crippen molar-refractivity contribution in [1.29, 1.82) is 0 Å². The fraction of sp³-hybridized carbons (Fsp3) is 0.393. The Morgan fingerprint density at radius 1 is 1.19 bits per heavy atom. The van der Waals surface area contributed by atoms with Gasteiger partial charge in [-0.15, -0.1) is 0 Å². The third-order valence-electron chi connectivity index (χ3n) is 6.95. The van der Waals surface area contributed by atoms with Crippen molar-refractivity contribution in [1.82, 2.24) is 15.1 Å². The van der Waals surface area contributed by atoms with Crippen LogP contribution in [0.5, 0.6) is 0 Å². The second kappa shape index (κ2) is 10.6. The third-order valence-corrected chi connectivity index (χ3v) is 6.95. The Labute approximate surface area is 210 Å². The zero-order valence-electron chi connectivity index (χ0n) is 20.4. The highest BCUT2D eigenvalue weighted by atomic mass is 16.5. The summed E-state index contributed by atoms with van der Waals surface area (Å²) in [6.45, 7) is 0.732. The standard InChI is InChI=1S/C28H31N3O5/c1-35-28(34)19-13-11-18(12-14-19)25-23(9-6-15-32)31(24-10-4-5-16-36-24)30-26(25)22-17-20-7-2-3-8-21(20)27(33)29-22/h2-3,7-8,11-14,22,24,32H,4-6,9-10,15-17H2,1H3,(H,29,33). The summed E-state index contributed by atoms with van der Waals surface area (Å²) in [4.78, 5) is 25.0. The third kappa shape index (κ3) is 4.66. The highest BCUT2D eigenvalue weighted by molar-refractivity contribution is 5.97. The first-order valence-electron chi connectivity index (χ1n) is 12.5. The van der Waals surface area contributed by atoms with Crippen LogP contribution >= 0.6 is 0 Å². The quantitative estimate of drug-likeness (QED) is 0.487. The van der Waals surface area contributed by atoms with Gasteiger partial charge in [-0.3, -0.25) is 4.79 Å². The number of hydrogen-bond donors (Lipinski definition) is 2. The number of aliphatic hydroxyl groups is 1. The fourth-order valence-corrected chi connectivity index (χ4v) is 5.17. The van der Waals surface area contributed by atoms with Crippen molar-refractivity contribution in [2.24, 2.45) is 0 Å². The number of nitrogens with zero attached hydrogens (tertiary/aromatic N) is 2. The summed E-state index contributed by atoms with van der Waals surface area (Å²) < 4.78 is 12.9. The van der Waals surface area contributed by atoms with E-state index in [0.717, 1.165) is 47.3 Å². The molecule has 0 radical (unpaired) electrons. The highest BCUT2D eigenvalue weighted by Crippen LogP contribution is 2.38. The molecule has 36 heavy (non-hydrogen) atoms. The Morgan fingerprint density at radius 2 is 2.00 bits per heavy atom. The van der Waals surface area contributed by atoms with E-state index < -0.39 is 5.97 Å². The van der Waals surface area contributed by atoms with Crippen molar-refractivity contribution < 1.29 is 24.2 Å². The molecule has 3 aromatic rings. The molecule has 1 amide bonds. The minimum absolute atomic E-state index is 0.0558. The smallest absolute Gasteiger partial charge is 0.337 e. The molecule has 0 bridgehead atoms. The Morgan fingerprint density at radius 3 is 2.72 bits per heavy atom. The van der Waals surface area contributed by atoms with Crippen LogP contribution in [0.1, 0.15) is 75.6 Å². The molecular weight excluding hydrogens is 458 g/mol. The van der Waals surface area contributed by atoms with Crippen molar-refractivity contribution in [3.05, 3.63) is 76.6 Å². The molecule has 2 unspecified atom stereocenters. The van der Waals surface area contributed by atoms with E-state index in [1.807, 2.05) is 41.1 Å². The molecule has 2 aromatic carbocycles. The van der Waals surface area contributed by atoms with E-state index in [-0.39, 0.29) is 24.8 Å². The molecule has 2 atom stereocenters. The average molecular weight is 490 g/mol. The maximum Gasteiger partial charge on any atom is 0.337 e. The first-order valence-corrected chi connectivity index (χ1v) is 12.5. The Kier molecular flexibility index (Phi) is 7.16. The molecule has 0 aliphatic carbocycles. The highest BCUT2D eigenvalue weighted by Gasteiger charge is 2.33. The summed E-state index contributed by atoms with van der Waals surface area (Å²) in [6, 6.07) is 14.6. The van der Waals surface area contributed by atoms with Crippen LogP contribution in [0.4, 0.5) is 0 Å². The molecule has 1 fully saturated rings. The summed E-state index contributed by atoms with van der Waals surface area (Å²) in [5.41, 5.74) is 5.67. The van der Waals surface area contributed by atoms with Gasteiger partial charge in [0.2, 0.25) is 0 Å². The summed E-state index contributed by atoms with van der Waals surface area (Å²) in [5.74, 6) is -0.515. The molecule has 2 aliphatic heterocycles. The van der Waals surface area contributed by atoms with Crippen LogP contribution in [-0.4, -0.2) is 47.1 Å². The van der Waals surface area contributed by atoms with Gasteiger partial charge in [-0.2, -0.15) is 5.10 Å². The molecule has 0 saturated carbocycles. The molecule has 1 aromatic heterocycles. The number of ether oxygens (including phenoxy) is 2. The van der Waals surface area contributed by atoms with Crippen LogP contribution in [0.3, 0.4) is 0 Å². The Balaban J connectivity index is 1.64. The molecule has 1 saturated heterocycles. The van der Waals surface area contributed by atoms with Crippen LogP contribution in [0.25, 0.3) is 11.1 Å². The van der Waals surface area contributed by atoms with E-state index in [9.17, 15) is 14.7 Å². The molecule has 8 nitrogen and oxygen atoms in total. The largest absolute Gasteiger partial charge is 0.465 e. The maximum absolute atomic E-state index is 13.0. The number of hydrogen-bond acceptors (Lipinski definition) is 6. The zero-order chi connectivity index (χ0) is 25.1. The molecule has 2 N–H and O–H groups in total. The van der Waals surface area contributed by atoms with Gasteiger partial charge in [0, 0.05) is 30.0 Å². The zero-order valence-corrected chi connectivity index (χ0v) is 20.4. The predicted molar refractivity (Wildman–Crippen MR) is 134 cm³/mol. The van der Waals surface area contributed by atoms with E-state index in [0.29, 0.717) is 37.0 Å². The first-order chi connectivity index (χ1) is 17.6. The lowest BCUT2D eigenvalue weighted by molar-refractivity contribution is -0.0414. The van der Waals surface area contributed by atoms with E-state index >= 15 is 0 Å². The first kappa shape index (κ1) is 24.2. The van der Waals surface area contributed by atoms with Crippen molar-refractivity contribution in [3.8, 4) is 11.1 Å². The number of aliphatic hydroxyl groups excluding tert-OH is 1. The van der Waals surface area contributed by atoms with Gasteiger partial charge >= 0.3 is 5.97 Å². The summed E-state index contributed by atoms with van der Waals surface area (Å²) in [5, 5.41) is 17.9. The lowest BCUT2D eigenvalue weighted by Crippen LogP contribution is -2.36. The number of nitrogens with one attached hydrogen (secondary N) is 1. The Bertz CT molecular complexity index is 1240. The second-order valence-electron chi connectivity index (χ2n) is 9.26. The minimum Gasteiger partial charge on any atom is -0.465 e. The number of carbonyl (C=O) groups excluding carboxylic acids is 2.